The molecule has 0 bridgehead atoms. The number of halogens is 2. The van der Waals surface area contributed by atoms with Crippen molar-refractivity contribution in [3.8, 4) is 0 Å². The van der Waals surface area contributed by atoms with Gasteiger partial charge in [0.1, 0.15) is 0 Å². The lowest BCUT2D eigenvalue weighted by Crippen LogP contribution is -2.30. The van der Waals surface area contributed by atoms with Gasteiger partial charge in [-0.3, -0.25) is 4.79 Å². The van der Waals surface area contributed by atoms with Gasteiger partial charge in [-0.2, -0.15) is 0 Å². The van der Waals surface area contributed by atoms with Crippen molar-refractivity contribution >= 4 is 40.9 Å². The first-order valence-corrected chi connectivity index (χ1v) is 7.35. The van der Waals surface area contributed by atoms with Crippen LogP contribution in [-0.4, -0.2) is 23.7 Å². The average molecular weight is 333 g/mol. The molecule has 0 aliphatic heterocycles. The van der Waals surface area contributed by atoms with Crippen molar-refractivity contribution in [3.63, 3.8) is 0 Å². The van der Waals surface area contributed by atoms with E-state index in [1.54, 1.807) is 18.2 Å². The van der Waals surface area contributed by atoms with Crippen molar-refractivity contribution in [2.24, 2.45) is 5.92 Å². The third-order valence-corrected chi connectivity index (χ3v) is 3.50. The summed E-state index contributed by atoms with van der Waals surface area (Å²) in [5.41, 5.74) is 0.484. The molecule has 0 aromatic heterocycles. The quantitative estimate of drug-likeness (QED) is 0.705. The number of carboxylic acid groups (broad SMARTS) is 1. The van der Waals surface area contributed by atoms with Crippen LogP contribution in [0.2, 0.25) is 10.0 Å². The highest BCUT2D eigenvalue weighted by atomic mass is 35.5. The topological polar surface area (TPSA) is 78.4 Å². The molecule has 3 N–H and O–H groups in total. The van der Waals surface area contributed by atoms with Crippen LogP contribution < -0.4 is 10.6 Å². The first-order valence-electron chi connectivity index (χ1n) is 6.60. The Morgan fingerprint density at radius 2 is 2.00 bits per heavy atom. The summed E-state index contributed by atoms with van der Waals surface area (Å²) in [6, 6.07) is 4.45. The molecule has 5 nitrogen and oxygen atoms in total. The van der Waals surface area contributed by atoms with Gasteiger partial charge in [0.2, 0.25) is 0 Å². The number of rotatable bonds is 7. The zero-order valence-corrected chi connectivity index (χ0v) is 13.2. The molecule has 21 heavy (non-hydrogen) atoms. The number of hydrogen-bond donors (Lipinski definition) is 3. The van der Waals surface area contributed by atoms with Gasteiger partial charge >= 0.3 is 12.0 Å². The Morgan fingerprint density at radius 3 is 2.62 bits per heavy atom. The molecule has 2 amide bonds. The lowest BCUT2D eigenvalue weighted by molar-refractivity contribution is -0.137. The molecule has 0 aliphatic carbocycles. The molecule has 0 saturated carbocycles. The third-order valence-electron chi connectivity index (χ3n) is 2.95. The second-order valence-corrected chi connectivity index (χ2v) is 5.67. The number of amides is 2. The Bertz CT molecular complexity index is 509. The summed E-state index contributed by atoms with van der Waals surface area (Å²) in [6.45, 7) is 2.43. The minimum absolute atomic E-state index is 0.147. The monoisotopic (exact) mass is 332 g/mol. The van der Waals surface area contributed by atoms with E-state index in [4.69, 9.17) is 28.3 Å². The maximum absolute atomic E-state index is 11.7. The van der Waals surface area contributed by atoms with Gasteiger partial charge in [-0.15, -0.1) is 0 Å². The zero-order valence-electron chi connectivity index (χ0n) is 11.7. The number of carbonyl (C=O) groups excluding carboxylic acids is 1. The molecule has 1 aromatic carbocycles. The minimum atomic E-state index is -0.801. The minimum Gasteiger partial charge on any atom is -0.481 e. The third kappa shape index (κ3) is 7.20. The van der Waals surface area contributed by atoms with E-state index in [0.717, 1.165) is 6.42 Å². The number of anilines is 1. The predicted molar refractivity (Wildman–Crippen MR) is 84.1 cm³/mol. The number of carbonyl (C=O) groups is 2. The van der Waals surface area contributed by atoms with E-state index < -0.39 is 5.97 Å². The fourth-order valence-corrected chi connectivity index (χ4v) is 2.16. The van der Waals surface area contributed by atoms with Crippen LogP contribution >= 0.6 is 23.2 Å². The highest BCUT2D eigenvalue weighted by molar-refractivity contribution is 6.36. The Kier molecular flexibility index (Phi) is 7.32. The summed E-state index contributed by atoms with van der Waals surface area (Å²) < 4.78 is 0. The normalized spacial score (nSPS) is 11.8. The molecule has 0 spiro atoms. The molecule has 7 heteroatoms. The van der Waals surface area contributed by atoms with Crippen LogP contribution in [0.1, 0.15) is 26.2 Å². The summed E-state index contributed by atoms with van der Waals surface area (Å²) in [5, 5.41) is 14.8. The van der Waals surface area contributed by atoms with Gasteiger partial charge in [-0.1, -0.05) is 30.1 Å². The summed E-state index contributed by atoms with van der Waals surface area (Å²) in [6.07, 6.45) is 1.46. The molecule has 0 saturated heterocycles. The van der Waals surface area contributed by atoms with E-state index in [0.29, 0.717) is 28.7 Å². The fraction of sp³-hybridized carbons (Fsp3) is 0.429. The Hall–Kier alpha value is -1.46. The Morgan fingerprint density at radius 1 is 1.29 bits per heavy atom. The van der Waals surface area contributed by atoms with Crippen molar-refractivity contribution in [1.29, 1.82) is 0 Å². The number of nitrogens with one attached hydrogen (secondary N) is 2. The number of carboxylic acids is 1. The number of benzene rings is 1. The van der Waals surface area contributed by atoms with Gasteiger partial charge in [0.05, 0.1) is 10.7 Å². The van der Waals surface area contributed by atoms with E-state index in [1.165, 1.54) is 0 Å². The molecule has 1 aromatic rings. The smallest absolute Gasteiger partial charge is 0.319 e. The zero-order chi connectivity index (χ0) is 15.8. The number of aliphatic carboxylic acids is 1. The van der Waals surface area contributed by atoms with E-state index in [2.05, 4.69) is 10.6 Å². The second-order valence-electron chi connectivity index (χ2n) is 4.83. The largest absolute Gasteiger partial charge is 0.481 e. The van der Waals surface area contributed by atoms with Gasteiger partial charge in [0, 0.05) is 18.0 Å². The van der Waals surface area contributed by atoms with E-state index in [1.807, 2.05) is 6.92 Å². The van der Waals surface area contributed by atoms with Gasteiger partial charge in [-0.05, 0) is 37.0 Å². The highest BCUT2D eigenvalue weighted by Gasteiger charge is 2.08. The molecule has 0 heterocycles. The van der Waals surface area contributed by atoms with Crippen LogP contribution in [0, 0.1) is 5.92 Å². The van der Waals surface area contributed by atoms with Crippen molar-refractivity contribution in [2.75, 3.05) is 11.9 Å². The molecule has 0 aliphatic rings. The first-order chi connectivity index (χ1) is 9.88. The van der Waals surface area contributed by atoms with Crippen molar-refractivity contribution in [2.45, 2.75) is 26.2 Å². The van der Waals surface area contributed by atoms with Crippen LogP contribution in [0.4, 0.5) is 10.5 Å². The van der Waals surface area contributed by atoms with E-state index in [-0.39, 0.29) is 18.4 Å². The van der Waals surface area contributed by atoms with Crippen LogP contribution in [-0.2, 0) is 4.79 Å². The van der Waals surface area contributed by atoms with Gasteiger partial charge in [0.25, 0.3) is 0 Å². The maximum atomic E-state index is 11.7. The van der Waals surface area contributed by atoms with Crippen LogP contribution in [0.3, 0.4) is 0 Å². The SMILES string of the molecule is CC(CCNC(=O)Nc1ccc(Cl)cc1Cl)CCC(=O)O. The van der Waals surface area contributed by atoms with Gasteiger partial charge in [0.15, 0.2) is 0 Å². The van der Waals surface area contributed by atoms with Crippen LogP contribution in [0.5, 0.6) is 0 Å². The van der Waals surface area contributed by atoms with Crippen molar-refractivity contribution in [1.82, 2.24) is 5.32 Å². The standard InChI is InChI=1S/C14H18Cl2N2O3/c1-9(2-5-13(19)20)6-7-17-14(21)18-12-4-3-10(15)8-11(12)16/h3-4,8-9H,2,5-7H2,1H3,(H,19,20)(H2,17,18,21). The average Bonchev–Trinajstić information content (AvgIpc) is 2.39. The summed E-state index contributed by atoms with van der Waals surface area (Å²) >= 11 is 11.7. The van der Waals surface area contributed by atoms with E-state index >= 15 is 0 Å². The predicted octanol–water partition coefficient (Wildman–Crippen LogP) is 4.01. The molecule has 0 fully saturated rings. The maximum Gasteiger partial charge on any atom is 0.319 e. The molecular weight excluding hydrogens is 315 g/mol. The molecule has 116 valence electrons. The summed E-state index contributed by atoms with van der Waals surface area (Å²) in [7, 11) is 0. The van der Waals surface area contributed by atoms with Crippen molar-refractivity contribution in [3.05, 3.63) is 28.2 Å². The summed E-state index contributed by atoms with van der Waals surface area (Å²) in [4.78, 5) is 22.1. The molecule has 1 unspecified atom stereocenters. The van der Waals surface area contributed by atoms with E-state index in [9.17, 15) is 9.59 Å². The number of hydrogen-bond acceptors (Lipinski definition) is 2. The lowest BCUT2D eigenvalue weighted by Gasteiger charge is -2.12. The Labute approximate surface area is 133 Å². The van der Waals surface area contributed by atoms with Gasteiger partial charge in [-0.25, -0.2) is 4.79 Å². The molecular formula is C14H18Cl2N2O3. The molecule has 1 atom stereocenters. The second kappa shape index (κ2) is 8.74. The first kappa shape index (κ1) is 17.6. The molecule has 0 radical (unpaired) electrons. The summed E-state index contributed by atoms with van der Waals surface area (Å²) in [5.74, 6) is -0.564. The number of urea groups is 1. The van der Waals surface area contributed by atoms with Gasteiger partial charge < -0.3 is 15.7 Å². The lowest BCUT2D eigenvalue weighted by atomic mass is 10.0. The Balaban J connectivity index is 2.29. The van der Waals surface area contributed by atoms with Crippen LogP contribution in [0.15, 0.2) is 18.2 Å². The molecule has 1 rings (SSSR count). The van der Waals surface area contributed by atoms with Crippen LogP contribution in [0.25, 0.3) is 0 Å². The fourth-order valence-electron chi connectivity index (χ4n) is 1.70. The highest BCUT2D eigenvalue weighted by Crippen LogP contribution is 2.25. The van der Waals surface area contributed by atoms with Crippen molar-refractivity contribution < 1.29 is 14.7 Å².